The summed E-state index contributed by atoms with van der Waals surface area (Å²) < 4.78 is 0. The number of hydrogen-bond donors (Lipinski definition) is 0. The van der Waals surface area contributed by atoms with Gasteiger partial charge >= 0.3 is 0 Å². The molecule has 16 heavy (non-hydrogen) atoms. The lowest BCUT2D eigenvalue weighted by Gasteiger charge is -2.13. The first kappa shape index (κ1) is 11.3. The van der Waals surface area contributed by atoms with Gasteiger partial charge in [0.2, 0.25) is 0 Å². The van der Waals surface area contributed by atoms with E-state index in [0.717, 1.165) is 6.54 Å². The molecule has 0 fully saturated rings. The molecule has 3 heteroatoms. The van der Waals surface area contributed by atoms with Crippen molar-refractivity contribution in [3.8, 4) is 11.1 Å². The maximum absolute atomic E-state index is 5.15. The second kappa shape index (κ2) is 5.25. The highest BCUT2D eigenvalue weighted by Gasteiger charge is 2.08. The molecule has 2 rings (SSSR count). The molecule has 1 aromatic carbocycles. The zero-order valence-corrected chi connectivity index (χ0v) is 10.3. The van der Waals surface area contributed by atoms with E-state index in [4.69, 9.17) is 4.84 Å². The molecule has 0 spiro atoms. The molecule has 84 valence electrons. The number of benzene rings is 1. The molecular formula is C13H15NOS. The molecule has 0 unspecified atom stereocenters. The molecule has 1 aromatic heterocycles. The molecule has 0 N–H and O–H groups in total. The predicted molar refractivity (Wildman–Crippen MR) is 68.2 cm³/mol. The van der Waals surface area contributed by atoms with E-state index in [2.05, 4.69) is 35.7 Å². The molecule has 0 atom stereocenters. The van der Waals surface area contributed by atoms with Crippen molar-refractivity contribution in [1.29, 1.82) is 0 Å². The van der Waals surface area contributed by atoms with E-state index in [1.54, 1.807) is 18.4 Å². The van der Waals surface area contributed by atoms with Crippen LogP contribution in [0.2, 0.25) is 0 Å². The van der Waals surface area contributed by atoms with Gasteiger partial charge < -0.3 is 4.84 Å². The molecule has 0 amide bonds. The lowest BCUT2D eigenvalue weighted by Crippen LogP contribution is -2.15. The summed E-state index contributed by atoms with van der Waals surface area (Å²) in [5.41, 5.74) is 2.57. The monoisotopic (exact) mass is 233 g/mol. The average molecular weight is 233 g/mol. The van der Waals surface area contributed by atoms with Gasteiger partial charge in [-0.15, -0.1) is 11.3 Å². The minimum Gasteiger partial charge on any atom is -0.302 e. The van der Waals surface area contributed by atoms with Crippen molar-refractivity contribution in [1.82, 2.24) is 5.06 Å². The van der Waals surface area contributed by atoms with Gasteiger partial charge in [0.1, 0.15) is 0 Å². The highest BCUT2D eigenvalue weighted by molar-refractivity contribution is 7.10. The van der Waals surface area contributed by atoms with Gasteiger partial charge in [0, 0.05) is 11.9 Å². The summed E-state index contributed by atoms with van der Waals surface area (Å²) >= 11 is 1.77. The number of rotatable bonds is 4. The van der Waals surface area contributed by atoms with Gasteiger partial charge in [0.05, 0.1) is 13.7 Å². The van der Waals surface area contributed by atoms with Crippen molar-refractivity contribution in [3.05, 3.63) is 46.7 Å². The minimum atomic E-state index is 0.818. The summed E-state index contributed by atoms with van der Waals surface area (Å²) in [6.45, 7) is 0.818. The topological polar surface area (TPSA) is 12.5 Å². The van der Waals surface area contributed by atoms with Gasteiger partial charge in [-0.2, -0.15) is 5.06 Å². The molecule has 0 aliphatic carbocycles. The molecule has 0 aliphatic heterocycles. The standard InChI is InChI=1S/C13H15NOS/c1-14(15-2)10-13-12(8-9-16-13)11-6-4-3-5-7-11/h3-9H,10H2,1-2H3. The Hall–Kier alpha value is -1.16. The highest BCUT2D eigenvalue weighted by Crippen LogP contribution is 2.28. The third kappa shape index (κ3) is 2.50. The van der Waals surface area contributed by atoms with E-state index < -0.39 is 0 Å². The fraction of sp³-hybridized carbons (Fsp3) is 0.231. The first-order chi connectivity index (χ1) is 7.81. The van der Waals surface area contributed by atoms with Crippen LogP contribution in [0.5, 0.6) is 0 Å². The maximum atomic E-state index is 5.15. The first-order valence-electron chi connectivity index (χ1n) is 5.18. The van der Waals surface area contributed by atoms with Crippen molar-refractivity contribution in [2.24, 2.45) is 0 Å². The molecule has 0 bridgehead atoms. The average Bonchev–Trinajstić information content (AvgIpc) is 2.78. The van der Waals surface area contributed by atoms with Gasteiger partial charge in [-0.05, 0) is 22.6 Å². The molecule has 0 saturated carbocycles. The molecule has 1 heterocycles. The van der Waals surface area contributed by atoms with Crippen molar-refractivity contribution >= 4 is 11.3 Å². The molecular weight excluding hydrogens is 218 g/mol. The molecule has 2 nitrogen and oxygen atoms in total. The zero-order chi connectivity index (χ0) is 11.4. The summed E-state index contributed by atoms with van der Waals surface area (Å²) in [7, 11) is 3.63. The minimum absolute atomic E-state index is 0.818. The van der Waals surface area contributed by atoms with E-state index in [1.807, 2.05) is 18.2 Å². The van der Waals surface area contributed by atoms with Crippen LogP contribution < -0.4 is 0 Å². The van der Waals surface area contributed by atoms with Crippen molar-refractivity contribution in [2.45, 2.75) is 6.54 Å². The van der Waals surface area contributed by atoms with Crippen molar-refractivity contribution in [2.75, 3.05) is 14.2 Å². The van der Waals surface area contributed by atoms with Gasteiger partial charge in [-0.3, -0.25) is 0 Å². The Morgan fingerprint density at radius 1 is 1.19 bits per heavy atom. The lowest BCUT2D eigenvalue weighted by molar-refractivity contribution is -0.115. The predicted octanol–water partition coefficient (Wildman–Crippen LogP) is 3.41. The van der Waals surface area contributed by atoms with Crippen LogP contribution in [0.3, 0.4) is 0 Å². The quantitative estimate of drug-likeness (QED) is 0.750. The Kier molecular flexibility index (Phi) is 3.72. The van der Waals surface area contributed by atoms with Gasteiger partial charge in [0.15, 0.2) is 0 Å². The third-order valence-electron chi connectivity index (χ3n) is 2.51. The smallest absolute Gasteiger partial charge is 0.0588 e. The summed E-state index contributed by atoms with van der Waals surface area (Å²) in [6, 6.07) is 12.6. The largest absolute Gasteiger partial charge is 0.302 e. The van der Waals surface area contributed by atoms with Gasteiger partial charge in [-0.1, -0.05) is 30.3 Å². The van der Waals surface area contributed by atoms with Crippen LogP contribution >= 0.6 is 11.3 Å². The molecule has 0 aliphatic rings. The van der Waals surface area contributed by atoms with Crippen LogP contribution in [0.4, 0.5) is 0 Å². The number of hydroxylamine groups is 2. The van der Waals surface area contributed by atoms with E-state index in [-0.39, 0.29) is 0 Å². The summed E-state index contributed by atoms with van der Waals surface area (Å²) in [4.78, 5) is 6.48. The van der Waals surface area contributed by atoms with Crippen molar-refractivity contribution < 1.29 is 4.84 Å². The Morgan fingerprint density at radius 3 is 2.62 bits per heavy atom. The maximum Gasteiger partial charge on any atom is 0.0588 e. The number of hydrogen-bond acceptors (Lipinski definition) is 3. The normalized spacial score (nSPS) is 10.9. The van der Waals surface area contributed by atoms with Crippen molar-refractivity contribution in [3.63, 3.8) is 0 Å². The number of nitrogens with zero attached hydrogens (tertiary/aromatic N) is 1. The second-order valence-corrected chi connectivity index (χ2v) is 4.59. The second-order valence-electron chi connectivity index (χ2n) is 3.59. The number of thiophene rings is 1. The fourth-order valence-electron chi connectivity index (χ4n) is 1.60. The van der Waals surface area contributed by atoms with E-state index in [1.165, 1.54) is 16.0 Å². The third-order valence-corrected chi connectivity index (χ3v) is 3.41. The van der Waals surface area contributed by atoms with E-state index in [0.29, 0.717) is 0 Å². The Labute approximate surface area is 100 Å². The van der Waals surface area contributed by atoms with E-state index >= 15 is 0 Å². The fourth-order valence-corrected chi connectivity index (χ4v) is 2.54. The van der Waals surface area contributed by atoms with Gasteiger partial charge in [-0.25, -0.2) is 0 Å². The van der Waals surface area contributed by atoms with Crippen LogP contribution in [0.1, 0.15) is 4.88 Å². The van der Waals surface area contributed by atoms with Crippen LogP contribution in [0.25, 0.3) is 11.1 Å². The van der Waals surface area contributed by atoms with Crippen LogP contribution in [0.15, 0.2) is 41.8 Å². The zero-order valence-electron chi connectivity index (χ0n) is 9.51. The van der Waals surface area contributed by atoms with Crippen LogP contribution in [-0.2, 0) is 11.4 Å². The summed E-state index contributed by atoms with van der Waals surface area (Å²) in [5, 5.41) is 3.96. The molecule has 0 saturated heterocycles. The van der Waals surface area contributed by atoms with Crippen LogP contribution in [0, 0.1) is 0 Å². The highest BCUT2D eigenvalue weighted by atomic mass is 32.1. The van der Waals surface area contributed by atoms with Gasteiger partial charge in [0.25, 0.3) is 0 Å². The Bertz CT molecular complexity index is 438. The van der Waals surface area contributed by atoms with Crippen LogP contribution in [-0.4, -0.2) is 19.2 Å². The Balaban J connectivity index is 2.26. The molecule has 0 radical (unpaired) electrons. The summed E-state index contributed by atoms with van der Waals surface area (Å²) in [6.07, 6.45) is 0. The lowest BCUT2D eigenvalue weighted by atomic mass is 10.1. The molecule has 2 aromatic rings. The first-order valence-corrected chi connectivity index (χ1v) is 6.06. The SMILES string of the molecule is CON(C)Cc1sccc1-c1ccccc1. The Morgan fingerprint density at radius 2 is 1.94 bits per heavy atom. The summed E-state index contributed by atoms with van der Waals surface area (Å²) in [5.74, 6) is 0. The van der Waals surface area contributed by atoms with E-state index in [9.17, 15) is 0 Å².